The summed E-state index contributed by atoms with van der Waals surface area (Å²) < 4.78 is 0. The van der Waals surface area contributed by atoms with Crippen LogP contribution in [-0.4, -0.2) is 45.8 Å². The van der Waals surface area contributed by atoms with Crippen molar-refractivity contribution in [1.82, 2.24) is 5.01 Å². The summed E-state index contributed by atoms with van der Waals surface area (Å²) in [4.78, 5) is 51.5. The van der Waals surface area contributed by atoms with E-state index < -0.39 is 40.7 Å². The molecular weight excluding hydrogens is 400 g/mol. The average molecular weight is 416 g/mol. The molecule has 0 saturated carbocycles. The third kappa shape index (κ3) is 2.77. The van der Waals surface area contributed by atoms with Gasteiger partial charge in [0.1, 0.15) is 6.04 Å². The van der Waals surface area contributed by atoms with Crippen molar-refractivity contribution in [3.63, 3.8) is 0 Å². The molecule has 0 unspecified atom stereocenters. The van der Waals surface area contributed by atoms with E-state index in [2.05, 4.69) is 5.10 Å². The summed E-state index contributed by atoms with van der Waals surface area (Å²) in [7, 11) is 0. The molecule has 0 spiro atoms. The van der Waals surface area contributed by atoms with E-state index >= 15 is 0 Å². The van der Waals surface area contributed by atoms with E-state index in [1.165, 1.54) is 30.5 Å². The van der Waals surface area contributed by atoms with Crippen LogP contribution in [0.5, 0.6) is 0 Å². The lowest BCUT2D eigenvalue weighted by Crippen LogP contribution is -2.46. The number of fused-ring (bicyclic) bond motifs is 3. The van der Waals surface area contributed by atoms with Gasteiger partial charge in [-0.25, -0.2) is 4.90 Å². The van der Waals surface area contributed by atoms with Gasteiger partial charge in [0.15, 0.2) is 5.78 Å². The number of amides is 2. The first-order valence-electron chi connectivity index (χ1n) is 9.69. The molecule has 3 aliphatic rings. The van der Waals surface area contributed by atoms with E-state index in [9.17, 15) is 24.5 Å². The number of hydrazone groups is 1. The van der Waals surface area contributed by atoms with E-state index in [-0.39, 0.29) is 17.2 Å². The number of ketones is 1. The minimum Gasteiger partial charge on any atom is -0.292 e. The predicted molar refractivity (Wildman–Crippen MR) is 110 cm³/mol. The van der Waals surface area contributed by atoms with Crippen LogP contribution in [0.3, 0.4) is 0 Å². The normalized spacial score (nSPS) is 26.2. The smallest absolute Gasteiger partial charge is 0.269 e. The lowest BCUT2D eigenvalue weighted by atomic mass is 9.86. The van der Waals surface area contributed by atoms with Crippen LogP contribution in [0.25, 0.3) is 0 Å². The molecule has 3 heterocycles. The summed E-state index contributed by atoms with van der Waals surface area (Å²) in [6, 6.07) is 12.4. The molecule has 0 aliphatic carbocycles. The highest BCUT2D eigenvalue weighted by atomic mass is 16.6. The van der Waals surface area contributed by atoms with Crippen molar-refractivity contribution in [3.05, 3.63) is 82.4 Å². The van der Waals surface area contributed by atoms with Crippen molar-refractivity contribution in [2.24, 2.45) is 16.9 Å². The SMILES string of the molecule is O=C(c1ccccc1)[C@@H]1[C@H]2C(=O)N(c3ccc([N+](=O)[O-])cc3)C(=O)[C@@H]2[C@H]2C=CC=NN21. The number of carbonyl (C=O) groups is 3. The average Bonchev–Trinajstić information content (AvgIpc) is 3.27. The molecule has 4 atom stereocenters. The quantitative estimate of drug-likeness (QED) is 0.327. The molecule has 2 aromatic rings. The highest BCUT2D eigenvalue weighted by Gasteiger charge is 2.64. The summed E-state index contributed by atoms with van der Waals surface area (Å²) in [6.07, 6.45) is 5.00. The van der Waals surface area contributed by atoms with E-state index in [0.29, 0.717) is 5.56 Å². The number of imide groups is 1. The summed E-state index contributed by atoms with van der Waals surface area (Å²) in [5.41, 5.74) is 0.539. The first-order valence-corrected chi connectivity index (χ1v) is 9.69. The Bertz CT molecular complexity index is 1160. The molecule has 0 N–H and O–H groups in total. The molecule has 9 heteroatoms. The fraction of sp³-hybridized carbons (Fsp3) is 0.182. The van der Waals surface area contributed by atoms with Gasteiger partial charge in [-0.2, -0.15) is 5.10 Å². The highest BCUT2D eigenvalue weighted by molar-refractivity contribution is 6.24. The van der Waals surface area contributed by atoms with Gasteiger partial charge in [-0.15, -0.1) is 0 Å². The lowest BCUT2D eigenvalue weighted by molar-refractivity contribution is -0.384. The van der Waals surface area contributed by atoms with E-state index in [0.717, 1.165) is 4.90 Å². The van der Waals surface area contributed by atoms with Gasteiger partial charge in [-0.1, -0.05) is 36.4 Å². The van der Waals surface area contributed by atoms with E-state index in [4.69, 9.17) is 0 Å². The number of anilines is 1. The number of nitrogens with zero attached hydrogens (tertiary/aromatic N) is 4. The Morgan fingerprint density at radius 2 is 1.65 bits per heavy atom. The summed E-state index contributed by atoms with van der Waals surface area (Å²) >= 11 is 0. The molecule has 2 saturated heterocycles. The number of non-ortho nitro benzene ring substituents is 1. The van der Waals surface area contributed by atoms with Crippen molar-refractivity contribution >= 4 is 35.2 Å². The Hall–Kier alpha value is -4.14. The van der Waals surface area contributed by atoms with Gasteiger partial charge in [-0.05, 0) is 18.2 Å². The third-order valence-electron chi connectivity index (χ3n) is 5.94. The van der Waals surface area contributed by atoms with Gasteiger partial charge >= 0.3 is 0 Å². The van der Waals surface area contributed by atoms with Crippen LogP contribution >= 0.6 is 0 Å². The monoisotopic (exact) mass is 416 g/mol. The molecular formula is C22H16N4O5. The number of carbonyl (C=O) groups excluding carboxylic acids is 3. The third-order valence-corrected chi connectivity index (χ3v) is 5.94. The number of nitro benzene ring substituents is 1. The standard InChI is InChI=1S/C22H16N4O5/c27-20(13-5-2-1-3-6-13)19-18-17(16-7-4-12-23-25(16)19)21(28)24(22(18)29)14-8-10-15(11-9-14)26(30)31/h1-12,16-19H/t16-,17-,18+,19+/m1/s1. The van der Waals surface area contributed by atoms with E-state index in [1.54, 1.807) is 47.5 Å². The molecule has 0 aromatic heterocycles. The van der Waals surface area contributed by atoms with Crippen LogP contribution < -0.4 is 4.90 Å². The Balaban J connectivity index is 1.55. The summed E-state index contributed by atoms with van der Waals surface area (Å²) in [5, 5.41) is 16.8. The molecule has 9 nitrogen and oxygen atoms in total. The first kappa shape index (κ1) is 18.9. The zero-order chi connectivity index (χ0) is 21.7. The van der Waals surface area contributed by atoms with Gasteiger partial charge < -0.3 is 0 Å². The Morgan fingerprint density at radius 3 is 2.32 bits per heavy atom. The molecule has 2 amide bonds. The zero-order valence-corrected chi connectivity index (χ0v) is 16.1. The molecule has 3 aliphatic heterocycles. The Kier molecular flexibility index (Phi) is 4.25. The molecule has 0 radical (unpaired) electrons. The molecule has 2 aromatic carbocycles. The number of nitro groups is 1. The van der Waals surface area contributed by atoms with Crippen LogP contribution in [-0.2, 0) is 9.59 Å². The van der Waals surface area contributed by atoms with E-state index in [1.807, 2.05) is 0 Å². The minimum absolute atomic E-state index is 0.143. The van der Waals surface area contributed by atoms with Gasteiger partial charge in [-0.3, -0.25) is 29.5 Å². The van der Waals surface area contributed by atoms with Crippen LogP contribution in [0, 0.1) is 22.0 Å². The van der Waals surface area contributed by atoms with Gasteiger partial charge in [0.25, 0.3) is 5.69 Å². The molecule has 2 fully saturated rings. The number of benzene rings is 2. The topological polar surface area (TPSA) is 113 Å². The number of hydrogen-bond acceptors (Lipinski definition) is 7. The molecule has 5 rings (SSSR count). The minimum atomic E-state index is -0.918. The van der Waals surface area contributed by atoms with Crippen LogP contribution in [0.1, 0.15) is 10.4 Å². The Labute approximate surface area is 176 Å². The lowest BCUT2D eigenvalue weighted by Gasteiger charge is -2.30. The Morgan fingerprint density at radius 1 is 0.968 bits per heavy atom. The van der Waals surface area contributed by atoms with Crippen molar-refractivity contribution in [2.45, 2.75) is 12.1 Å². The highest BCUT2D eigenvalue weighted by Crippen LogP contribution is 2.46. The second-order valence-corrected chi connectivity index (χ2v) is 7.53. The van der Waals surface area contributed by atoms with Crippen LogP contribution in [0.2, 0.25) is 0 Å². The first-order chi connectivity index (χ1) is 15.0. The van der Waals surface area contributed by atoms with Gasteiger partial charge in [0.2, 0.25) is 11.8 Å². The van der Waals surface area contributed by atoms with Crippen molar-refractivity contribution in [3.8, 4) is 0 Å². The summed E-state index contributed by atoms with van der Waals surface area (Å²) in [6.45, 7) is 0. The zero-order valence-electron chi connectivity index (χ0n) is 16.1. The van der Waals surface area contributed by atoms with Crippen LogP contribution in [0.15, 0.2) is 71.9 Å². The molecule has 31 heavy (non-hydrogen) atoms. The fourth-order valence-corrected chi connectivity index (χ4v) is 4.59. The second kappa shape index (κ2) is 6.98. The van der Waals surface area contributed by atoms with Gasteiger partial charge in [0, 0.05) is 23.9 Å². The maximum Gasteiger partial charge on any atom is 0.269 e. The van der Waals surface area contributed by atoms with Crippen LogP contribution in [0.4, 0.5) is 11.4 Å². The summed E-state index contributed by atoms with van der Waals surface area (Å²) in [5.74, 6) is -2.90. The number of allylic oxidation sites excluding steroid dienone is 1. The number of rotatable bonds is 4. The predicted octanol–water partition coefficient (Wildman–Crippen LogP) is 2.19. The fourth-order valence-electron chi connectivity index (χ4n) is 4.59. The van der Waals surface area contributed by atoms with Crippen molar-refractivity contribution in [2.75, 3.05) is 4.90 Å². The van der Waals surface area contributed by atoms with Gasteiger partial charge in [0.05, 0.1) is 28.5 Å². The molecule has 0 bridgehead atoms. The maximum atomic E-state index is 13.4. The second-order valence-electron chi connectivity index (χ2n) is 7.53. The maximum absolute atomic E-state index is 13.4. The number of Topliss-reactive ketones (excluding diaryl/α,β-unsaturated/α-hetero) is 1. The van der Waals surface area contributed by atoms with Crippen molar-refractivity contribution in [1.29, 1.82) is 0 Å². The number of hydrogen-bond donors (Lipinski definition) is 0. The largest absolute Gasteiger partial charge is 0.292 e. The van der Waals surface area contributed by atoms with Crippen molar-refractivity contribution < 1.29 is 19.3 Å². The molecule has 154 valence electrons.